The number of carbonyl (C=O) groups excluding carboxylic acids is 1. The van der Waals surface area contributed by atoms with E-state index in [0.29, 0.717) is 25.4 Å². The zero-order valence-electron chi connectivity index (χ0n) is 18.0. The summed E-state index contributed by atoms with van der Waals surface area (Å²) in [5, 5.41) is 5.93. The van der Waals surface area contributed by atoms with E-state index < -0.39 is 0 Å². The van der Waals surface area contributed by atoms with Crippen molar-refractivity contribution < 1.29 is 14.3 Å². The lowest BCUT2D eigenvalue weighted by Gasteiger charge is -2.29. The van der Waals surface area contributed by atoms with Gasteiger partial charge in [0, 0.05) is 25.2 Å². The largest absolute Gasteiger partial charge is 0.496 e. The van der Waals surface area contributed by atoms with Crippen molar-refractivity contribution in [1.29, 1.82) is 0 Å². The number of hydrogen-bond donors (Lipinski definition) is 2. The highest BCUT2D eigenvalue weighted by atomic mass is 16.5. The highest BCUT2D eigenvalue weighted by Gasteiger charge is 2.26. The van der Waals surface area contributed by atoms with E-state index in [4.69, 9.17) is 9.47 Å². The number of likely N-dealkylation sites (tertiary alicyclic amines) is 1. The number of morpholine rings is 1. The molecule has 8 nitrogen and oxygen atoms in total. The van der Waals surface area contributed by atoms with Gasteiger partial charge in [-0.3, -0.25) is 4.90 Å². The van der Waals surface area contributed by atoms with Crippen molar-refractivity contribution in [1.82, 2.24) is 15.2 Å². The second-order valence-corrected chi connectivity index (χ2v) is 7.84. The van der Waals surface area contributed by atoms with Crippen molar-refractivity contribution in [2.75, 3.05) is 63.3 Å². The maximum Gasteiger partial charge on any atom is 0.319 e. The standard InChI is InChI=1S/C23H31N5O3/c1-30-21-7-3-2-6-19(21)20(27-10-4-5-11-27)17-25-23(29)26-18-8-9-22(24-16-18)28-12-14-31-15-13-28/h2-3,6-9,16,20H,4-5,10-15,17H2,1H3,(H2,25,26,29)/t20-/m1/s1. The molecule has 0 saturated carbocycles. The van der Waals surface area contributed by atoms with E-state index in [0.717, 1.165) is 43.3 Å². The molecule has 0 unspecified atom stereocenters. The van der Waals surface area contributed by atoms with Crippen molar-refractivity contribution in [3.05, 3.63) is 48.2 Å². The first-order valence-electron chi connectivity index (χ1n) is 10.9. The Labute approximate surface area is 183 Å². The van der Waals surface area contributed by atoms with E-state index in [1.165, 1.54) is 12.8 Å². The normalized spacial score (nSPS) is 17.9. The number of nitrogens with one attached hydrogen (secondary N) is 2. The fraction of sp³-hybridized carbons (Fsp3) is 0.478. The minimum Gasteiger partial charge on any atom is -0.496 e. The van der Waals surface area contributed by atoms with Crippen molar-refractivity contribution in [3.8, 4) is 5.75 Å². The topological polar surface area (TPSA) is 79.0 Å². The van der Waals surface area contributed by atoms with Gasteiger partial charge in [-0.25, -0.2) is 9.78 Å². The summed E-state index contributed by atoms with van der Waals surface area (Å²) in [6, 6.07) is 11.7. The Morgan fingerprint density at radius 1 is 1.13 bits per heavy atom. The van der Waals surface area contributed by atoms with E-state index >= 15 is 0 Å². The quantitative estimate of drug-likeness (QED) is 0.710. The molecule has 8 heteroatoms. The Balaban J connectivity index is 1.36. The SMILES string of the molecule is COc1ccccc1[C@@H](CNC(=O)Nc1ccc(N2CCOCC2)nc1)N1CCCC1. The van der Waals surface area contributed by atoms with E-state index in [9.17, 15) is 4.79 Å². The second-order valence-electron chi connectivity index (χ2n) is 7.84. The summed E-state index contributed by atoms with van der Waals surface area (Å²) in [5.74, 6) is 1.75. The number of methoxy groups -OCH3 is 1. The predicted molar refractivity (Wildman–Crippen MR) is 121 cm³/mol. The van der Waals surface area contributed by atoms with Gasteiger partial charge in [-0.1, -0.05) is 18.2 Å². The molecule has 2 amide bonds. The molecule has 1 atom stereocenters. The van der Waals surface area contributed by atoms with Crippen molar-refractivity contribution in [3.63, 3.8) is 0 Å². The molecule has 0 radical (unpaired) electrons. The molecule has 1 aromatic heterocycles. The molecule has 3 heterocycles. The van der Waals surface area contributed by atoms with E-state index in [1.54, 1.807) is 13.3 Å². The fourth-order valence-corrected chi connectivity index (χ4v) is 4.23. The number of para-hydroxylation sites is 1. The predicted octanol–water partition coefficient (Wildman–Crippen LogP) is 2.89. The number of carbonyl (C=O) groups is 1. The number of nitrogens with zero attached hydrogens (tertiary/aromatic N) is 3. The first kappa shape index (κ1) is 21.4. The molecular formula is C23H31N5O3. The molecule has 0 spiro atoms. The first-order chi connectivity index (χ1) is 15.2. The van der Waals surface area contributed by atoms with Crippen LogP contribution < -0.4 is 20.3 Å². The van der Waals surface area contributed by atoms with Crippen LogP contribution in [-0.4, -0.2) is 69.0 Å². The summed E-state index contributed by atoms with van der Waals surface area (Å²) < 4.78 is 11.0. The average Bonchev–Trinajstić information content (AvgIpc) is 3.35. The monoisotopic (exact) mass is 425 g/mol. The van der Waals surface area contributed by atoms with Gasteiger partial charge >= 0.3 is 6.03 Å². The van der Waals surface area contributed by atoms with Gasteiger partial charge in [0.05, 0.1) is 38.2 Å². The van der Waals surface area contributed by atoms with Crippen LogP contribution in [0.1, 0.15) is 24.4 Å². The third kappa shape index (κ3) is 5.45. The molecule has 0 aliphatic carbocycles. The smallest absolute Gasteiger partial charge is 0.319 e. The van der Waals surface area contributed by atoms with Crippen LogP contribution in [0.15, 0.2) is 42.6 Å². The molecular weight excluding hydrogens is 394 g/mol. The van der Waals surface area contributed by atoms with Gasteiger partial charge in [0.1, 0.15) is 11.6 Å². The van der Waals surface area contributed by atoms with Crippen LogP contribution in [0.5, 0.6) is 5.75 Å². The third-order valence-electron chi connectivity index (χ3n) is 5.88. The molecule has 2 aliphatic heterocycles. The minimum absolute atomic E-state index is 0.0752. The van der Waals surface area contributed by atoms with E-state index in [2.05, 4.69) is 31.5 Å². The number of anilines is 2. The zero-order valence-corrected chi connectivity index (χ0v) is 18.0. The highest BCUT2D eigenvalue weighted by molar-refractivity contribution is 5.89. The van der Waals surface area contributed by atoms with Gasteiger partial charge in [-0.2, -0.15) is 0 Å². The van der Waals surface area contributed by atoms with Crippen LogP contribution in [0.25, 0.3) is 0 Å². The molecule has 2 saturated heterocycles. The third-order valence-corrected chi connectivity index (χ3v) is 5.88. The number of pyridine rings is 1. The average molecular weight is 426 g/mol. The van der Waals surface area contributed by atoms with Gasteiger partial charge in [0.25, 0.3) is 0 Å². The van der Waals surface area contributed by atoms with Gasteiger partial charge in [0.15, 0.2) is 0 Å². The van der Waals surface area contributed by atoms with Gasteiger partial charge in [0.2, 0.25) is 0 Å². The Bertz CT molecular complexity index is 849. The molecule has 4 rings (SSSR count). The van der Waals surface area contributed by atoms with Gasteiger partial charge in [-0.15, -0.1) is 0 Å². The Kier molecular flexibility index (Phi) is 7.22. The molecule has 2 fully saturated rings. The number of amides is 2. The molecule has 2 aromatic rings. The number of ether oxygens (including phenoxy) is 2. The summed E-state index contributed by atoms with van der Waals surface area (Å²) >= 11 is 0. The number of aromatic nitrogens is 1. The Morgan fingerprint density at radius 3 is 2.61 bits per heavy atom. The molecule has 0 bridgehead atoms. The lowest BCUT2D eigenvalue weighted by atomic mass is 10.0. The highest BCUT2D eigenvalue weighted by Crippen LogP contribution is 2.31. The maximum absolute atomic E-state index is 12.6. The van der Waals surface area contributed by atoms with Crippen LogP contribution in [0.3, 0.4) is 0 Å². The first-order valence-corrected chi connectivity index (χ1v) is 10.9. The summed E-state index contributed by atoms with van der Waals surface area (Å²) in [7, 11) is 1.69. The summed E-state index contributed by atoms with van der Waals surface area (Å²) in [4.78, 5) is 21.7. The minimum atomic E-state index is -0.236. The molecule has 2 N–H and O–H groups in total. The van der Waals surface area contributed by atoms with E-state index in [-0.39, 0.29) is 12.1 Å². The van der Waals surface area contributed by atoms with Crippen molar-refractivity contribution >= 4 is 17.5 Å². The van der Waals surface area contributed by atoms with Crippen LogP contribution in [0.4, 0.5) is 16.3 Å². The number of benzene rings is 1. The number of hydrogen-bond acceptors (Lipinski definition) is 6. The van der Waals surface area contributed by atoms with Gasteiger partial charge < -0.3 is 25.0 Å². The van der Waals surface area contributed by atoms with Gasteiger partial charge in [-0.05, 0) is 44.1 Å². The summed E-state index contributed by atoms with van der Waals surface area (Å²) in [6.07, 6.45) is 4.06. The lowest BCUT2D eigenvalue weighted by Crippen LogP contribution is -2.39. The second kappa shape index (κ2) is 10.5. The van der Waals surface area contributed by atoms with E-state index in [1.807, 2.05) is 30.3 Å². The van der Waals surface area contributed by atoms with Crippen LogP contribution in [0, 0.1) is 0 Å². The van der Waals surface area contributed by atoms with Crippen LogP contribution in [-0.2, 0) is 4.74 Å². The van der Waals surface area contributed by atoms with Crippen LogP contribution in [0.2, 0.25) is 0 Å². The summed E-state index contributed by atoms with van der Waals surface area (Å²) in [6.45, 7) is 5.66. The number of urea groups is 1. The maximum atomic E-state index is 12.6. The zero-order chi connectivity index (χ0) is 21.5. The lowest BCUT2D eigenvalue weighted by molar-refractivity contribution is 0.122. The fourth-order valence-electron chi connectivity index (χ4n) is 4.23. The summed E-state index contributed by atoms with van der Waals surface area (Å²) in [5.41, 5.74) is 1.77. The molecule has 1 aromatic carbocycles. The Morgan fingerprint density at radius 2 is 1.90 bits per heavy atom. The van der Waals surface area contributed by atoms with Crippen molar-refractivity contribution in [2.24, 2.45) is 0 Å². The molecule has 31 heavy (non-hydrogen) atoms. The Hall–Kier alpha value is -2.84. The van der Waals surface area contributed by atoms with Crippen molar-refractivity contribution in [2.45, 2.75) is 18.9 Å². The number of rotatable bonds is 7. The molecule has 2 aliphatic rings. The molecule has 166 valence electrons. The van der Waals surface area contributed by atoms with Crippen LogP contribution >= 0.6 is 0 Å².